The third-order valence-electron chi connectivity index (χ3n) is 4.01. The summed E-state index contributed by atoms with van der Waals surface area (Å²) in [6.07, 6.45) is 4.46. The molecule has 1 N–H and O–H groups in total. The summed E-state index contributed by atoms with van der Waals surface area (Å²) in [5.41, 5.74) is 1.77. The summed E-state index contributed by atoms with van der Waals surface area (Å²) >= 11 is 0. The van der Waals surface area contributed by atoms with Crippen LogP contribution < -0.4 is 5.32 Å². The van der Waals surface area contributed by atoms with Gasteiger partial charge in [0, 0.05) is 18.2 Å². The van der Waals surface area contributed by atoms with Crippen LogP contribution >= 0.6 is 0 Å². The van der Waals surface area contributed by atoms with Crippen molar-refractivity contribution in [3.8, 4) is 0 Å². The Morgan fingerprint density at radius 2 is 2.00 bits per heavy atom. The van der Waals surface area contributed by atoms with Crippen LogP contribution in [0.5, 0.6) is 0 Å². The maximum Gasteiger partial charge on any atom is 0.118 e. The van der Waals surface area contributed by atoms with Gasteiger partial charge in [-0.15, -0.1) is 0 Å². The highest BCUT2D eigenvalue weighted by molar-refractivity contribution is 5.12. The third kappa shape index (κ3) is 4.66. The molecule has 0 atom stereocenters. The lowest BCUT2D eigenvalue weighted by molar-refractivity contribution is 0.120. The molecule has 0 spiro atoms. The lowest BCUT2D eigenvalue weighted by atomic mass is 9.83. The van der Waals surface area contributed by atoms with E-state index < -0.39 is 0 Å². The van der Waals surface area contributed by atoms with E-state index in [2.05, 4.69) is 44.0 Å². The van der Waals surface area contributed by atoms with Crippen LogP contribution in [0.4, 0.5) is 0 Å². The van der Waals surface area contributed by atoms with Gasteiger partial charge in [0.15, 0.2) is 0 Å². The van der Waals surface area contributed by atoms with Crippen LogP contribution in [0.25, 0.3) is 0 Å². The van der Waals surface area contributed by atoms with Gasteiger partial charge >= 0.3 is 0 Å². The summed E-state index contributed by atoms with van der Waals surface area (Å²) in [4.78, 5) is 2.50. The number of nitrogens with zero attached hydrogens (tertiary/aromatic N) is 1. The molecule has 1 aliphatic heterocycles. The Morgan fingerprint density at radius 3 is 2.63 bits per heavy atom. The minimum Gasteiger partial charge on any atom is -0.468 e. The van der Waals surface area contributed by atoms with Crippen LogP contribution in [0, 0.1) is 5.41 Å². The normalized spacial score (nSPS) is 20.1. The van der Waals surface area contributed by atoms with E-state index in [-0.39, 0.29) is 0 Å². The van der Waals surface area contributed by atoms with E-state index in [0.29, 0.717) is 11.5 Å². The molecule has 0 saturated carbocycles. The van der Waals surface area contributed by atoms with E-state index in [1.54, 1.807) is 0 Å². The van der Waals surface area contributed by atoms with Crippen molar-refractivity contribution in [1.29, 1.82) is 0 Å². The van der Waals surface area contributed by atoms with Gasteiger partial charge < -0.3 is 9.73 Å². The zero-order valence-electron chi connectivity index (χ0n) is 12.8. The summed E-state index contributed by atoms with van der Waals surface area (Å²) in [6, 6.07) is 2.71. The number of furan rings is 1. The predicted octanol–water partition coefficient (Wildman–Crippen LogP) is 3.40. The molecule has 2 heterocycles. The number of likely N-dealkylation sites (tertiary alicyclic amines) is 1. The van der Waals surface area contributed by atoms with Gasteiger partial charge in [0.2, 0.25) is 0 Å². The van der Waals surface area contributed by atoms with Crippen LogP contribution in [0.3, 0.4) is 0 Å². The Kier molecular flexibility index (Phi) is 4.69. The molecule has 1 fully saturated rings. The minimum absolute atomic E-state index is 0.516. The lowest BCUT2D eigenvalue weighted by Gasteiger charge is -2.36. The lowest BCUT2D eigenvalue weighted by Crippen LogP contribution is -2.36. The Bertz CT molecular complexity index is 385. The van der Waals surface area contributed by atoms with Gasteiger partial charge in [0.1, 0.15) is 5.76 Å². The Hall–Kier alpha value is -0.800. The van der Waals surface area contributed by atoms with Crippen molar-refractivity contribution in [2.75, 3.05) is 13.1 Å². The van der Waals surface area contributed by atoms with E-state index in [1.165, 1.54) is 31.5 Å². The molecule has 1 aromatic heterocycles. The molecule has 1 aliphatic rings. The zero-order valence-corrected chi connectivity index (χ0v) is 12.8. The Morgan fingerprint density at radius 1 is 1.32 bits per heavy atom. The van der Waals surface area contributed by atoms with Crippen LogP contribution in [-0.2, 0) is 13.1 Å². The predicted molar refractivity (Wildman–Crippen MR) is 79.0 cm³/mol. The molecular weight excluding hydrogens is 236 g/mol. The van der Waals surface area contributed by atoms with E-state index in [1.807, 2.05) is 6.26 Å². The maximum atomic E-state index is 5.67. The molecular formula is C16H28N2O. The molecule has 0 radical (unpaired) electrons. The maximum absolute atomic E-state index is 5.67. The largest absolute Gasteiger partial charge is 0.468 e. The number of piperidine rings is 1. The van der Waals surface area contributed by atoms with E-state index in [0.717, 1.165) is 18.8 Å². The first kappa shape index (κ1) is 14.6. The number of hydrogen-bond donors (Lipinski definition) is 1. The van der Waals surface area contributed by atoms with Crippen molar-refractivity contribution in [3.63, 3.8) is 0 Å². The van der Waals surface area contributed by atoms with E-state index >= 15 is 0 Å². The van der Waals surface area contributed by atoms with Crippen LogP contribution in [0.1, 0.15) is 51.9 Å². The second-order valence-corrected chi connectivity index (χ2v) is 6.90. The topological polar surface area (TPSA) is 28.4 Å². The first-order valence-corrected chi connectivity index (χ1v) is 7.47. The van der Waals surface area contributed by atoms with Crippen molar-refractivity contribution in [2.24, 2.45) is 5.41 Å². The standard InChI is InChI=1S/C16H28N2O/c1-13(2)17-10-14-9-15(19-12-14)11-18-7-5-16(3,4)6-8-18/h9,12-13,17H,5-8,10-11H2,1-4H3. The first-order chi connectivity index (χ1) is 8.94. The Labute approximate surface area is 117 Å². The summed E-state index contributed by atoms with van der Waals surface area (Å²) in [5.74, 6) is 1.10. The van der Waals surface area contributed by atoms with Crippen molar-refractivity contribution in [3.05, 3.63) is 23.7 Å². The molecule has 3 nitrogen and oxygen atoms in total. The molecule has 108 valence electrons. The number of hydrogen-bond acceptors (Lipinski definition) is 3. The SMILES string of the molecule is CC(C)NCc1coc(CN2CCC(C)(C)CC2)c1. The third-order valence-corrected chi connectivity index (χ3v) is 4.01. The quantitative estimate of drug-likeness (QED) is 0.883. The molecule has 0 aromatic carbocycles. The van der Waals surface area contributed by atoms with E-state index in [4.69, 9.17) is 4.42 Å². The fourth-order valence-electron chi connectivity index (χ4n) is 2.46. The fourth-order valence-corrected chi connectivity index (χ4v) is 2.46. The van der Waals surface area contributed by atoms with Gasteiger partial charge in [-0.05, 0) is 37.4 Å². The summed E-state index contributed by atoms with van der Waals surface area (Å²) in [7, 11) is 0. The first-order valence-electron chi connectivity index (χ1n) is 7.47. The highest BCUT2D eigenvalue weighted by Crippen LogP contribution is 2.30. The van der Waals surface area contributed by atoms with Gasteiger partial charge in [-0.2, -0.15) is 0 Å². The molecule has 1 aromatic rings. The summed E-state index contributed by atoms with van der Waals surface area (Å²) < 4.78 is 5.67. The number of rotatable bonds is 5. The minimum atomic E-state index is 0.516. The van der Waals surface area contributed by atoms with Crippen LogP contribution in [0.2, 0.25) is 0 Å². The molecule has 0 aliphatic carbocycles. The fraction of sp³-hybridized carbons (Fsp3) is 0.750. The average molecular weight is 264 g/mol. The van der Waals surface area contributed by atoms with Crippen molar-refractivity contribution >= 4 is 0 Å². The van der Waals surface area contributed by atoms with Gasteiger partial charge in [-0.25, -0.2) is 0 Å². The van der Waals surface area contributed by atoms with E-state index in [9.17, 15) is 0 Å². The second kappa shape index (κ2) is 6.10. The van der Waals surface area contributed by atoms with Crippen LogP contribution in [0.15, 0.2) is 16.7 Å². The second-order valence-electron chi connectivity index (χ2n) is 6.90. The average Bonchev–Trinajstić information content (AvgIpc) is 2.77. The molecule has 19 heavy (non-hydrogen) atoms. The van der Waals surface area contributed by atoms with Crippen molar-refractivity contribution in [1.82, 2.24) is 10.2 Å². The molecule has 0 unspecified atom stereocenters. The highest BCUT2D eigenvalue weighted by atomic mass is 16.3. The van der Waals surface area contributed by atoms with Crippen molar-refractivity contribution in [2.45, 2.75) is 59.7 Å². The van der Waals surface area contributed by atoms with Crippen molar-refractivity contribution < 1.29 is 4.42 Å². The monoisotopic (exact) mass is 264 g/mol. The summed E-state index contributed by atoms with van der Waals surface area (Å²) in [5, 5.41) is 3.42. The van der Waals surface area contributed by atoms with Crippen LogP contribution in [-0.4, -0.2) is 24.0 Å². The van der Waals surface area contributed by atoms with Gasteiger partial charge in [0.05, 0.1) is 12.8 Å². The molecule has 0 amide bonds. The molecule has 0 bridgehead atoms. The summed E-state index contributed by atoms with van der Waals surface area (Å²) in [6.45, 7) is 13.3. The molecule has 3 heteroatoms. The Balaban J connectivity index is 1.80. The zero-order chi connectivity index (χ0) is 13.9. The number of nitrogens with one attached hydrogen (secondary N) is 1. The molecule has 2 rings (SSSR count). The van der Waals surface area contributed by atoms with Gasteiger partial charge in [-0.1, -0.05) is 27.7 Å². The van der Waals surface area contributed by atoms with Gasteiger partial charge in [0.25, 0.3) is 0 Å². The molecule has 1 saturated heterocycles. The van der Waals surface area contributed by atoms with Gasteiger partial charge in [-0.3, -0.25) is 4.90 Å². The smallest absolute Gasteiger partial charge is 0.118 e. The highest BCUT2D eigenvalue weighted by Gasteiger charge is 2.25.